The third kappa shape index (κ3) is 18.2. The summed E-state index contributed by atoms with van der Waals surface area (Å²) in [6.07, 6.45) is 29.0. The number of furan rings is 5. The lowest BCUT2D eigenvalue weighted by molar-refractivity contribution is 0.0966. The molecule has 0 radical (unpaired) electrons. The van der Waals surface area contributed by atoms with E-state index in [1.807, 2.05) is 24.7 Å². The normalized spacial score (nSPS) is 11.3. The fraction of sp³-hybridized carbons (Fsp3) is 0.395. The minimum Gasteiger partial charge on any atom is -0.472 e. The largest absolute Gasteiger partial charge is 0.472 e. The molecule has 8 nitrogen and oxygen atoms in total. The SMILES string of the molecule is CCCCc1ccoc1.CCCCc1coc(C=O)c1.ICCCCc1ccoc1.O=C(c1ccoc1)C1CC1.O=Cc1ccoc1. The Kier molecular flexibility index (Phi) is 21.1. The van der Waals surface area contributed by atoms with Crippen molar-refractivity contribution >= 4 is 40.9 Å². The second kappa shape index (κ2) is 25.3. The number of rotatable bonds is 14. The molecular weight excluding hydrogens is 711 g/mol. The minimum absolute atomic E-state index is 0.244. The van der Waals surface area contributed by atoms with Gasteiger partial charge in [0.25, 0.3) is 0 Å². The van der Waals surface area contributed by atoms with Gasteiger partial charge in [-0.05, 0) is 109 Å². The summed E-state index contributed by atoms with van der Waals surface area (Å²) in [6.45, 7) is 4.33. The summed E-state index contributed by atoms with van der Waals surface area (Å²) in [5, 5.41) is 0. The molecule has 0 spiro atoms. The topological polar surface area (TPSA) is 117 Å². The molecule has 5 heterocycles. The van der Waals surface area contributed by atoms with E-state index < -0.39 is 0 Å². The van der Waals surface area contributed by atoms with Crippen molar-refractivity contribution in [3.63, 3.8) is 0 Å². The summed E-state index contributed by atoms with van der Waals surface area (Å²) in [4.78, 5) is 31.2. The number of carbonyl (C=O) groups is 3. The van der Waals surface area contributed by atoms with E-state index in [0.717, 1.165) is 55.8 Å². The van der Waals surface area contributed by atoms with E-state index in [9.17, 15) is 14.4 Å². The highest BCUT2D eigenvalue weighted by Gasteiger charge is 2.30. The molecule has 5 aromatic rings. The summed E-state index contributed by atoms with van der Waals surface area (Å²) in [5.74, 6) is 0.974. The molecule has 5 aromatic heterocycles. The number of halogens is 1. The third-order valence-corrected chi connectivity index (χ3v) is 7.63. The molecule has 6 rings (SSSR count). The van der Waals surface area contributed by atoms with Crippen LogP contribution in [0.25, 0.3) is 0 Å². The van der Waals surface area contributed by atoms with Gasteiger partial charge < -0.3 is 22.1 Å². The standard InChI is InChI=1S/C9H12O2.C8H11IO.C8H8O2.C8H12O.C5H4O2/c1-2-3-4-8-5-9(6-10)11-7-8;9-5-2-1-3-8-4-6-10-7-8;9-8(6-1-2-6)7-3-4-10-5-7;1-2-3-4-8-5-6-9-7-8;6-3-5-1-2-7-4-5/h5-7H,2-4H2,1H3;4,6-7H,1-3,5H2;3-6H,1-2H2;5-7H,2-4H2,1H3;1-4H. The first-order chi connectivity index (χ1) is 23.0. The van der Waals surface area contributed by atoms with Crippen molar-refractivity contribution in [3.05, 3.63) is 120 Å². The van der Waals surface area contributed by atoms with Crippen molar-refractivity contribution in [2.24, 2.45) is 5.92 Å². The van der Waals surface area contributed by atoms with Crippen molar-refractivity contribution in [2.75, 3.05) is 4.43 Å². The molecule has 1 saturated carbocycles. The lowest BCUT2D eigenvalue weighted by Crippen LogP contribution is -1.97. The highest BCUT2D eigenvalue weighted by molar-refractivity contribution is 14.1. The molecular formula is C38H47IO8. The molecule has 0 aromatic carbocycles. The molecule has 0 unspecified atom stereocenters. The Morgan fingerprint density at radius 2 is 1.28 bits per heavy atom. The highest BCUT2D eigenvalue weighted by Crippen LogP contribution is 2.32. The van der Waals surface area contributed by atoms with Gasteiger partial charge in [0.1, 0.15) is 12.5 Å². The van der Waals surface area contributed by atoms with Crippen LogP contribution in [-0.2, 0) is 19.3 Å². The fourth-order valence-corrected chi connectivity index (χ4v) is 4.51. The number of carbonyl (C=O) groups excluding carboxylic acids is 3. The maximum absolute atomic E-state index is 11.2. The summed E-state index contributed by atoms with van der Waals surface area (Å²) >= 11 is 2.41. The Morgan fingerprint density at radius 3 is 1.70 bits per heavy atom. The average molecular weight is 759 g/mol. The summed E-state index contributed by atoms with van der Waals surface area (Å²) in [6, 6.07) is 9.18. The first-order valence-corrected chi connectivity index (χ1v) is 17.7. The molecule has 47 heavy (non-hydrogen) atoms. The average Bonchev–Trinajstić information content (AvgIpc) is 3.79. The van der Waals surface area contributed by atoms with Crippen LogP contribution < -0.4 is 0 Å². The maximum Gasteiger partial charge on any atom is 0.185 e. The van der Waals surface area contributed by atoms with Gasteiger partial charge in [0.15, 0.2) is 24.1 Å². The second-order valence-corrected chi connectivity index (χ2v) is 12.0. The van der Waals surface area contributed by atoms with Crippen LogP contribution in [0.2, 0.25) is 0 Å². The van der Waals surface area contributed by atoms with Gasteiger partial charge in [0.2, 0.25) is 0 Å². The van der Waals surface area contributed by atoms with E-state index in [1.54, 1.807) is 37.0 Å². The van der Waals surface area contributed by atoms with Gasteiger partial charge in [-0.2, -0.15) is 0 Å². The van der Waals surface area contributed by atoms with Crippen LogP contribution in [0.4, 0.5) is 0 Å². The van der Waals surface area contributed by atoms with Gasteiger partial charge in [-0.3, -0.25) is 14.4 Å². The summed E-state index contributed by atoms with van der Waals surface area (Å²) in [7, 11) is 0. The summed E-state index contributed by atoms with van der Waals surface area (Å²) in [5.41, 5.74) is 5.07. The van der Waals surface area contributed by atoms with Crippen molar-refractivity contribution < 1.29 is 36.5 Å². The highest BCUT2D eigenvalue weighted by atomic mass is 127. The first-order valence-electron chi connectivity index (χ1n) is 16.2. The van der Waals surface area contributed by atoms with E-state index in [0.29, 0.717) is 17.2 Å². The van der Waals surface area contributed by atoms with E-state index in [4.69, 9.17) is 17.7 Å². The number of aldehydes is 2. The second-order valence-electron chi connectivity index (χ2n) is 10.9. The van der Waals surface area contributed by atoms with Crippen LogP contribution >= 0.6 is 22.6 Å². The van der Waals surface area contributed by atoms with Crippen LogP contribution in [0.15, 0.2) is 109 Å². The van der Waals surface area contributed by atoms with Crippen LogP contribution in [0.1, 0.15) is 113 Å². The Hall–Kier alpha value is -3.86. The number of unbranched alkanes of at least 4 members (excludes halogenated alkanes) is 3. The van der Waals surface area contributed by atoms with Gasteiger partial charge in [-0.25, -0.2) is 0 Å². The molecule has 0 aliphatic heterocycles. The van der Waals surface area contributed by atoms with Crippen molar-refractivity contribution in [2.45, 2.75) is 84.5 Å². The zero-order valence-corrected chi connectivity index (χ0v) is 29.6. The Morgan fingerprint density at radius 1 is 0.702 bits per heavy atom. The zero-order chi connectivity index (χ0) is 34.0. The van der Waals surface area contributed by atoms with Crippen molar-refractivity contribution in [3.8, 4) is 0 Å². The fourth-order valence-electron chi connectivity index (χ4n) is 3.97. The Labute approximate surface area is 291 Å². The van der Waals surface area contributed by atoms with E-state index >= 15 is 0 Å². The number of alkyl halides is 1. The van der Waals surface area contributed by atoms with Gasteiger partial charge in [-0.15, -0.1) is 0 Å². The van der Waals surface area contributed by atoms with Gasteiger partial charge in [0, 0.05) is 5.92 Å². The molecule has 0 saturated heterocycles. The predicted molar refractivity (Wildman–Crippen MR) is 190 cm³/mol. The molecule has 0 atom stereocenters. The summed E-state index contributed by atoms with van der Waals surface area (Å²) < 4.78 is 25.4. The lowest BCUT2D eigenvalue weighted by atomic mass is 10.1. The predicted octanol–water partition coefficient (Wildman–Crippen LogP) is 11.1. The Bertz CT molecular complexity index is 1410. The van der Waals surface area contributed by atoms with Gasteiger partial charge >= 0.3 is 0 Å². The van der Waals surface area contributed by atoms with Crippen LogP contribution in [0.3, 0.4) is 0 Å². The number of aryl methyl sites for hydroxylation is 3. The zero-order valence-electron chi connectivity index (χ0n) is 27.4. The lowest BCUT2D eigenvalue weighted by Gasteiger charge is -1.92. The molecule has 1 aliphatic rings. The molecule has 0 bridgehead atoms. The van der Waals surface area contributed by atoms with Crippen molar-refractivity contribution in [1.82, 2.24) is 0 Å². The molecule has 0 N–H and O–H groups in total. The minimum atomic E-state index is 0.244. The number of hydrogen-bond acceptors (Lipinski definition) is 8. The number of ketones is 1. The smallest absolute Gasteiger partial charge is 0.185 e. The van der Waals surface area contributed by atoms with Gasteiger partial charge in [-0.1, -0.05) is 49.3 Å². The van der Waals surface area contributed by atoms with E-state index in [2.05, 4.69) is 40.9 Å². The number of hydrogen-bond donors (Lipinski definition) is 0. The van der Waals surface area contributed by atoms with Crippen LogP contribution in [-0.4, -0.2) is 22.8 Å². The molecule has 254 valence electrons. The van der Waals surface area contributed by atoms with Gasteiger partial charge in [0.05, 0.1) is 55.0 Å². The first kappa shape index (κ1) is 39.3. The number of Topliss-reactive ketones (excluding diaryl/α,β-unsaturated/α-hetero) is 1. The molecule has 1 fully saturated rings. The van der Waals surface area contributed by atoms with Crippen molar-refractivity contribution in [1.29, 1.82) is 0 Å². The van der Waals surface area contributed by atoms with Crippen LogP contribution in [0, 0.1) is 5.92 Å². The molecule has 1 aliphatic carbocycles. The van der Waals surface area contributed by atoms with E-state index in [-0.39, 0.29) is 5.78 Å². The van der Waals surface area contributed by atoms with E-state index in [1.165, 1.54) is 79.1 Å². The van der Waals surface area contributed by atoms with Crippen LogP contribution in [0.5, 0.6) is 0 Å². The monoisotopic (exact) mass is 758 g/mol. The Balaban J connectivity index is 0.000000206. The molecule has 9 heteroatoms. The quantitative estimate of drug-likeness (QED) is 0.0361. The molecule has 0 amide bonds. The third-order valence-electron chi connectivity index (χ3n) is 6.87. The maximum atomic E-state index is 11.2.